The number of halogens is 3. The van der Waals surface area contributed by atoms with E-state index in [4.69, 9.17) is 55.7 Å². The Morgan fingerprint density at radius 1 is 1.29 bits per heavy atom. The molecular weight excluding hydrogens is 285 g/mol. The zero-order valence-electron chi connectivity index (χ0n) is 8.13. The minimum Gasteiger partial charge on any atom is -0.329 e. The van der Waals surface area contributed by atoms with E-state index in [1.165, 1.54) is 0 Å². The van der Waals surface area contributed by atoms with Crippen LogP contribution in [0.1, 0.15) is 19.8 Å². The first-order valence-corrected chi connectivity index (χ1v) is 8.42. The fourth-order valence-electron chi connectivity index (χ4n) is 0.602. The molecular formula is C7H14Cl3O2PS. The van der Waals surface area contributed by atoms with Crippen molar-refractivity contribution in [2.45, 2.75) is 23.6 Å². The molecule has 1 unspecified atom stereocenters. The van der Waals surface area contributed by atoms with Crippen molar-refractivity contribution < 1.29 is 9.05 Å². The minimum absolute atomic E-state index is 0.0302. The first-order valence-electron chi connectivity index (χ1n) is 4.20. The van der Waals surface area contributed by atoms with Crippen molar-refractivity contribution in [3.05, 3.63) is 0 Å². The van der Waals surface area contributed by atoms with Crippen molar-refractivity contribution in [1.29, 1.82) is 0 Å². The van der Waals surface area contributed by atoms with Gasteiger partial charge in [0.2, 0.25) is 3.79 Å². The molecule has 14 heavy (non-hydrogen) atoms. The third-order valence-corrected chi connectivity index (χ3v) is 3.50. The van der Waals surface area contributed by atoms with Gasteiger partial charge in [-0.1, -0.05) is 48.1 Å². The van der Waals surface area contributed by atoms with Crippen molar-refractivity contribution in [2.24, 2.45) is 0 Å². The van der Waals surface area contributed by atoms with Gasteiger partial charge in [0.1, 0.15) is 6.61 Å². The van der Waals surface area contributed by atoms with E-state index in [9.17, 15) is 0 Å². The van der Waals surface area contributed by atoms with Crippen LogP contribution >= 0.6 is 41.3 Å². The maximum atomic E-state index is 5.52. The van der Waals surface area contributed by atoms with Gasteiger partial charge in [-0.2, -0.15) is 0 Å². The largest absolute Gasteiger partial charge is 0.329 e. The summed E-state index contributed by atoms with van der Waals surface area (Å²) in [6.07, 6.45) is 2.02. The summed E-state index contributed by atoms with van der Waals surface area (Å²) in [6.45, 7) is 2.14. The fourth-order valence-corrected chi connectivity index (χ4v) is 2.34. The highest BCUT2D eigenvalue weighted by atomic mass is 35.6. The Morgan fingerprint density at radius 2 is 1.86 bits per heavy atom. The van der Waals surface area contributed by atoms with Gasteiger partial charge in [0, 0.05) is 6.66 Å². The van der Waals surface area contributed by atoms with Crippen LogP contribution in [0.25, 0.3) is 0 Å². The van der Waals surface area contributed by atoms with E-state index in [0.29, 0.717) is 6.61 Å². The molecule has 0 saturated heterocycles. The average molecular weight is 300 g/mol. The molecule has 0 saturated carbocycles. The fraction of sp³-hybridized carbons (Fsp3) is 1.00. The molecule has 0 radical (unpaired) electrons. The Morgan fingerprint density at radius 3 is 2.29 bits per heavy atom. The van der Waals surface area contributed by atoms with Gasteiger partial charge in [-0.05, 0) is 18.2 Å². The number of hydrogen-bond acceptors (Lipinski definition) is 3. The van der Waals surface area contributed by atoms with E-state index in [0.717, 1.165) is 12.8 Å². The molecule has 0 spiro atoms. The molecule has 2 nitrogen and oxygen atoms in total. The summed E-state index contributed by atoms with van der Waals surface area (Å²) in [5, 5.41) is 0. The van der Waals surface area contributed by atoms with E-state index in [-0.39, 0.29) is 6.61 Å². The molecule has 7 heteroatoms. The number of hydrogen-bond donors (Lipinski definition) is 0. The van der Waals surface area contributed by atoms with E-state index in [1.807, 2.05) is 0 Å². The van der Waals surface area contributed by atoms with Crippen LogP contribution in [0.3, 0.4) is 0 Å². The van der Waals surface area contributed by atoms with Crippen LogP contribution in [0.5, 0.6) is 0 Å². The van der Waals surface area contributed by atoms with Gasteiger partial charge in [-0.3, -0.25) is 0 Å². The highest BCUT2D eigenvalue weighted by molar-refractivity contribution is 8.09. The maximum Gasteiger partial charge on any atom is 0.213 e. The van der Waals surface area contributed by atoms with E-state index >= 15 is 0 Å². The van der Waals surface area contributed by atoms with E-state index in [1.54, 1.807) is 6.66 Å². The van der Waals surface area contributed by atoms with Gasteiger partial charge in [-0.15, -0.1) is 0 Å². The molecule has 0 aliphatic carbocycles. The number of alkyl halides is 3. The molecule has 0 aromatic heterocycles. The van der Waals surface area contributed by atoms with Crippen molar-refractivity contribution in [2.75, 3.05) is 19.9 Å². The summed E-state index contributed by atoms with van der Waals surface area (Å²) in [5.41, 5.74) is 0. The highest BCUT2D eigenvalue weighted by Gasteiger charge is 2.23. The standard InChI is InChI=1S/C7H14Cl3O2PS/c1-3-4-5-11-13(2,14)12-6-7(8,9)10/h3-6H2,1-2H3. The SMILES string of the molecule is CCCCOP(C)(=S)OCC(Cl)(Cl)Cl. The molecule has 0 bridgehead atoms. The molecule has 0 aromatic rings. The zero-order valence-corrected chi connectivity index (χ0v) is 12.1. The quantitative estimate of drug-likeness (QED) is 0.417. The minimum atomic E-state index is -2.24. The molecule has 86 valence electrons. The molecule has 0 fully saturated rings. The second-order valence-corrected chi connectivity index (χ2v) is 9.41. The summed E-state index contributed by atoms with van der Waals surface area (Å²) in [6, 6.07) is 0. The Hall–Kier alpha value is 1.44. The molecule has 1 atom stereocenters. The monoisotopic (exact) mass is 298 g/mol. The van der Waals surface area contributed by atoms with Gasteiger partial charge in [-0.25, -0.2) is 0 Å². The Balaban J connectivity index is 3.78. The van der Waals surface area contributed by atoms with Gasteiger partial charge in [0.25, 0.3) is 0 Å². The van der Waals surface area contributed by atoms with E-state index in [2.05, 4.69) is 6.92 Å². The van der Waals surface area contributed by atoms with Crippen LogP contribution in [0.4, 0.5) is 0 Å². The second-order valence-electron chi connectivity index (χ2n) is 2.85. The molecule has 0 amide bonds. The lowest BCUT2D eigenvalue weighted by Gasteiger charge is -2.20. The van der Waals surface area contributed by atoms with Crippen LogP contribution in [0.15, 0.2) is 0 Å². The summed E-state index contributed by atoms with van der Waals surface area (Å²) >= 11 is 21.7. The van der Waals surface area contributed by atoms with Crippen molar-refractivity contribution in [3.63, 3.8) is 0 Å². The van der Waals surface area contributed by atoms with Crippen LogP contribution in [0, 0.1) is 0 Å². The zero-order chi connectivity index (χ0) is 11.2. The normalized spacial score (nSPS) is 16.6. The van der Waals surface area contributed by atoms with Gasteiger partial charge < -0.3 is 9.05 Å². The van der Waals surface area contributed by atoms with Gasteiger partial charge in [0.15, 0.2) is 6.49 Å². The van der Waals surface area contributed by atoms with Crippen LogP contribution in [0.2, 0.25) is 0 Å². The van der Waals surface area contributed by atoms with Crippen LogP contribution in [-0.4, -0.2) is 23.7 Å². The van der Waals surface area contributed by atoms with Crippen molar-refractivity contribution >= 4 is 53.1 Å². The predicted octanol–water partition coefficient (Wildman–Crippen LogP) is 4.13. The molecule has 0 aromatic carbocycles. The molecule has 0 heterocycles. The third-order valence-electron chi connectivity index (χ3n) is 1.29. The predicted molar refractivity (Wildman–Crippen MR) is 67.3 cm³/mol. The van der Waals surface area contributed by atoms with Crippen molar-refractivity contribution in [1.82, 2.24) is 0 Å². The summed E-state index contributed by atoms with van der Waals surface area (Å²) < 4.78 is 9.22. The van der Waals surface area contributed by atoms with Crippen LogP contribution in [-0.2, 0) is 20.9 Å². The molecule has 0 aliphatic heterocycles. The summed E-state index contributed by atoms with van der Waals surface area (Å²) in [4.78, 5) is 0. The number of unbranched alkanes of at least 4 members (excludes halogenated alkanes) is 1. The second kappa shape index (κ2) is 6.90. The number of rotatable bonds is 6. The lowest BCUT2D eigenvalue weighted by atomic mass is 10.4. The Kier molecular flexibility index (Phi) is 7.61. The maximum absolute atomic E-state index is 5.52. The average Bonchev–Trinajstić information content (AvgIpc) is 2.00. The Labute approximate surface area is 105 Å². The molecule has 0 rings (SSSR count). The Bertz CT molecular complexity index is 208. The first-order chi connectivity index (χ1) is 6.27. The van der Waals surface area contributed by atoms with Crippen LogP contribution < -0.4 is 0 Å². The smallest absolute Gasteiger partial charge is 0.213 e. The lowest BCUT2D eigenvalue weighted by molar-refractivity contribution is 0.251. The van der Waals surface area contributed by atoms with Gasteiger partial charge in [0.05, 0.1) is 6.61 Å². The molecule has 0 aliphatic rings. The van der Waals surface area contributed by atoms with E-state index < -0.39 is 10.3 Å². The molecule has 0 N–H and O–H groups in total. The van der Waals surface area contributed by atoms with Crippen molar-refractivity contribution in [3.8, 4) is 0 Å². The summed E-state index contributed by atoms with van der Waals surface area (Å²) in [5.74, 6) is 0. The first kappa shape index (κ1) is 15.4. The highest BCUT2D eigenvalue weighted by Crippen LogP contribution is 2.46. The lowest BCUT2D eigenvalue weighted by Crippen LogP contribution is -2.12. The van der Waals surface area contributed by atoms with Gasteiger partial charge >= 0.3 is 0 Å². The summed E-state index contributed by atoms with van der Waals surface area (Å²) in [7, 11) is 0. The topological polar surface area (TPSA) is 18.5 Å². The third kappa shape index (κ3) is 9.97.